The average molecular weight is 221 g/mol. The maximum absolute atomic E-state index is 11.5. The largest absolute Gasteiger partial charge is 0.481 e. The van der Waals surface area contributed by atoms with Crippen LogP contribution in [0.5, 0.6) is 0 Å². The lowest BCUT2D eigenvalue weighted by atomic mass is 10.0. The first kappa shape index (κ1) is 12.4. The summed E-state index contributed by atoms with van der Waals surface area (Å²) in [5.74, 6) is -1.17. The van der Waals surface area contributed by atoms with Crippen LogP contribution in [0.3, 0.4) is 0 Å². The van der Waals surface area contributed by atoms with Gasteiger partial charge < -0.3 is 10.8 Å². The molecule has 0 spiro atoms. The lowest BCUT2D eigenvalue weighted by Gasteiger charge is -2.09. The molecule has 1 rings (SSSR count). The minimum Gasteiger partial charge on any atom is -0.481 e. The number of benzene rings is 1. The van der Waals surface area contributed by atoms with Crippen molar-refractivity contribution in [3.05, 3.63) is 35.9 Å². The van der Waals surface area contributed by atoms with Crippen molar-refractivity contribution in [2.75, 3.05) is 0 Å². The van der Waals surface area contributed by atoms with Crippen LogP contribution in [-0.2, 0) is 16.0 Å². The van der Waals surface area contributed by atoms with Crippen LogP contribution in [0.25, 0.3) is 0 Å². The quantitative estimate of drug-likeness (QED) is 0.750. The molecule has 1 aromatic rings. The third-order valence-corrected chi connectivity index (χ3v) is 2.30. The fourth-order valence-corrected chi connectivity index (χ4v) is 1.40. The summed E-state index contributed by atoms with van der Waals surface area (Å²) in [6.45, 7) is 0. The molecular weight excluding hydrogens is 206 g/mol. The number of ketones is 1. The molecule has 0 bridgehead atoms. The zero-order valence-corrected chi connectivity index (χ0v) is 8.93. The van der Waals surface area contributed by atoms with E-state index in [1.165, 1.54) is 0 Å². The smallest absolute Gasteiger partial charge is 0.303 e. The van der Waals surface area contributed by atoms with Gasteiger partial charge in [0.1, 0.15) is 5.78 Å². The number of carboxylic acid groups (broad SMARTS) is 1. The van der Waals surface area contributed by atoms with Gasteiger partial charge in [0.05, 0.1) is 12.5 Å². The monoisotopic (exact) mass is 221 g/mol. The van der Waals surface area contributed by atoms with Crippen LogP contribution < -0.4 is 5.73 Å². The molecule has 0 aliphatic heterocycles. The molecule has 0 saturated carbocycles. The van der Waals surface area contributed by atoms with E-state index in [1.54, 1.807) is 0 Å². The Morgan fingerprint density at radius 2 is 1.81 bits per heavy atom. The molecule has 0 aromatic heterocycles. The van der Waals surface area contributed by atoms with Crippen molar-refractivity contribution < 1.29 is 14.7 Å². The highest BCUT2D eigenvalue weighted by molar-refractivity contribution is 5.86. The highest BCUT2D eigenvalue weighted by Gasteiger charge is 2.14. The number of aliphatic carboxylic acids is 1. The van der Waals surface area contributed by atoms with Crippen molar-refractivity contribution in [3.8, 4) is 0 Å². The topological polar surface area (TPSA) is 80.4 Å². The Morgan fingerprint density at radius 1 is 1.19 bits per heavy atom. The van der Waals surface area contributed by atoms with Crippen LogP contribution in [0.15, 0.2) is 30.3 Å². The fraction of sp³-hybridized carbons (Fsp3) is 0.333. The van der Waals surface area contributed by atoms with E-state index in [0.29, 0.717) is 6.42 Å². The van der Waals surface area contributed by atoms with Crippen molar-refractivity contribution in [1.29, 1.82) is 0 Å². The number of carboxylic acids is 1. The minimum atomic E-state index is -0.972. The molecule has 1 aromatic carbocycles. The van der Waals surface area contributed by atoms with Crippen molar-refractivity contribution in [3.63, 3.8) is 0 Å². The Kier molecular flexibility index (Phi) is 4.66. The van der Waals surface area contributed by atoms with Crippen LogP contribution >= 0.6 is 0 Å². The Labute approximate surface area is 94.1 Å². The van der Waals surface area contributed by atoms with Gasteiger partial charge >= 0.3 is 5.97 Å². The van der Waals surface area contributed by atoms with Crippen molar-refractivity contribution in [2.45, 2.75) is 25.3 Å². The van der Waals surface area contributed by atoms with Gasteiger partial charge in [0.2, 0.25) is 0 Å². The maximum atomic E-state index is 11.5. The Hall–Kier alpha value is -1.68. The summed E-state index contributed by atoms with van der Waals surface area (Å²) >= 11 is 0. The van der Waals surface area contributed by atoms with E-state index in [9.17, 15) is 9.59 Å². The van der Waals surface area contributed by atoms with Gasteiger partial charge in [0, 0.05) is 6.42 Å². The Morgan fingerprint density at radius 3 is 2.38 bits per heavy atom. The summed E-state index contributed by atoms with van der Waals surface area (Å²) in [5, 5.41) is 8.44. The van der Waals surface area contributed by atoms with Gasteiger partial charge in [-0.3, -0.25) is 9.59 Å². The third-order valence-electron chi connectivity index (χ3n) is 2.30. The predicted octanol–water partition coefficient (Wildman–Crippen LogP) is 0.990. The molecule has 0 heterocycles. The highest BCUT2D eigenvalue weighted by atomic mass is 16.4. The first-order chi connectivity index (χ1) is 7.59. The first-order valence-electron chi connectivity index (χ1n) is 5.13. The lowest BCUT2D eigenvalue weighted by molar-refractivity contribution is -0.138. The van der Waals surface area contributed by atoms with E-state index >= 15 is 0 Å². The van der Waals surface area contributed by atoms with Gasteiger partial charge in [0.25, 0.3) is 0 Å². The lowest BCUT2D eigenvalue weighted by Crippen LogP contribution is -2.32. The molecule has 0 fully saturated rings. The average Bonchev–Trinajstić information content (AvgIpc) is 2.27. The molecule has 86 valence electrons. The second-order valence-electron chi connectivity index (χ2n) is 3.66. The molecule has 0 amide bonds. The normalized spacial score (nSPS) is 12.1. The number of Topliss-reactive ketones (excluding diaryl/α,β-unsaturated/α-hetero) is 1. The molecule has 0 saturated heterocycles. The number of nitrogens with two attached hydrogens (primary N) is 1. The van der Waals surface area contributed by atoms with Crippen LogP contribution in [0.4, 0.5) is 0 Å². The number of hydrogen-bond acceptors (Lipinski definition) is 3. The molecule has 0 aliphatic carbocycles. The summed E-state index contributed by atoms with van der Waals surface area (Å²) in [4.78, 5) is 21.8. The van der Waals surface area contributed by atoms with Crippen LogP contribution in [0.1, 0.15) is 18.4 Å². The Bertz CT molecular complexity index is 362. The second kappa shape index (κ2) is 6.02. The standard InChI is InChI=1S/C12H15NO3/c13-10(11(14)6-7-12(15)16)8-9-4-2-1-3-5-9/h1-5,10H,6-8,13H2,(H,15,16). The molecule has 1 unspecified atom stereocenters. The summed E-state index contributed by atoms with van der Waals surface area (Å²) < 4.78 is 0. The number of carbonyl (C=O) groups is 2. The summed E-state index contributed by atoms with van der Waals surface area (Å²) in [7, 11) is 0. The molecule has 4 nitrogen and oxygen atoms in total. The molecule has 16 heavy (non-hydrogen) atoms. The van der Waals surface area contributed by atoms with Gasteiger partial charge in [-0.1, -0.05) is 30.3 Å². The summed E-state index contributed by atoms with van der Waals surface area (Å²) in [6, 6.07) is 8.82. The van der Waals surface area contributed by atoms with E-state index < -0.39 is 12.0 Å². The van der Waals surface area contributed by atoms with E-state index in [2.05, 4.69) is 0 Å². The highest BCUT2D eigenvalue weighted by Crippen LogP contribution is 2.04. The summed E-state index contributed by atoms with van der Waals surface area (Å²) in [6.07, 6.45) is 0.309. The van der Waals surface area contributed by atoms with Crippen LogP contribution in [-0.4, -0.2) is 22.9 Å². The molecule has 3 N–H and O–H groups in total. The summed E-state index contributed by atoms with van der Waals surface area (Å²) in [5.41, 5.74) is 6.68. The number of hydrogen-bond donors (Lipinski definition) is 2. The van der Waals surface area contributed by atoms with Gasteiger partial charge in [-0.05, 0) is 12.0 Å². The van der Waals surface area contributed by atoms with E-state index in [-0.39, 0.29) is 18.6 Å². The Balaban J connectivity index is 2.43. The zero-order valence-electron chi connectivity index (χ0n) is 8.93. The van der Waals surface area contributed by atoms with E-state index in [0.717, 1.165) is 5.56 Å². The molecule has 4 heteroatoms. The van der Waals surface area contributed by atoms with Gasteiger partial charge in [-0.25, -0.2) is 0 Å². The maximum Gasteiger partial charge on any atom is 0.303 e. The SMILES string of the molecule is NC(Cc1ccccc1)C(=O)CCC(=O)O. The third kappa shape index (κ3) is 4.23. The first-order valence-corrected chi connectivity index (χ1v) is 5.13. The molecule has 1 atom stereocenters. The zero-order chi connectivity index (χ0) is 12.0. The van der Waals surface area contributed by atoms with Gasteiger partial charge in [0.15, 0.2) is 0 Å². The van der Waals surface area contributed by atoms with E-state index in [1.807, 2.05) is 30.3 Å². The molecule has 0 radical (unpaired) electrons. The van der Waals surface area contributed by atoms with Crippen molar-refractivity contribution in [1.82, 2.24) is 0 Å². The second-order valence-corrected chi connectivity index (χ2v) is 3.66. The van der Waals surface area contributed by atoms with Crippen LogP contribution in [0.2, 0.25) is 0 Å². The molecular formula is C12H15NO3. The predicted molar refractivity (Wildman–Crippen MR) is 60.0 cm³/mol. The van der Waals surface area contributed by atoms with Crippen LogP contribution in [0, 0.1) is 0 Å². The van der Waals surface area contributed by atoms with Gasteiger partial charge in [-0.2, -0.15) is 0 Å². The van der Waals surface area contributed by atoms with Crippen molar-refractivity contribution >= 4 is 11.8 Å². The minimum absolute atomic E-state index is 0.00331. The van der Waals surface area contributed by atoms with E-state index in [4.69, 9.17) is 10.8 Å². The van der Waals surface area contributed by atoms with Gasteiger partial charge in [-0.15, -0.1) is 0 Å². The number of carbonyl (C=O) groups excluding carboxylic acids is 1. The fourth-order valence-electron chi connectivity index (χ4n) is 1.40. The molecule has 0 aliphatic rings. The number of rotatable bonds is 6. The van der Waals surface area contributed by atoms with Crippen molar-refractivity contribution in [2.24, 2.45) is 5.73 Å².